The van der Waals surface area contributed by atoms with Crippen LogP contribution in [0, 0.1) is 12.8 Å². The van der Waals surface area contributed by atoms with Crippen molar-refractivity contribution in [2.75, 3.05) is 31.5 Å². The fourth-order valence-electron chi connectivity index (χ4n) is 4.18. The second-order valence-corrected chi connectivity index (χ2v) is 10.7. The van der Waals surface area contributed by atoms with Crippen LogP contribution in [0.15, 0.2) is 35.4 Å². The maximum Gasteiger partial charge on any atom is 0.270 e. The van der Waals surface area contributed by atoms with Crippen molar-refractivity contribution in [3.8, 4) is 0 Å². The predicted molar refractivity (Wildman–Crippen MR) is 122 cm³/mol. The van der Waals surface area contributed by atoms with E-state index >= 15 is 0 Å². The van der Waals surface area contributed by atoms with Gasteiger partial charge in [-0.1, -0.05) is 17.7 Å². The summed E-state index contributed by atoms with van der Waals surface area (Å²) in [6.45, 7) is 3.68. The van der Waals surface area contributed by atoms with Gasteiger partial charge in [0.1, 0.15) is 10.6 Å². The summed E-state index contributed by atoms with van der Waals surface area (Å²) in [6.07, 6.45) is 4.46. The smallest absolute Gasteiger partial charge is 0.270 e. The Bertz CT molecular complexity index is 1120. The zero-order chi connectivity index (χ0) is 22.9. The standard InChI is InChI=1S/C22H27ClN4O4S/c1-15-6-7-17(11-19(15)23)25-21(28)16-5-4-10-27(14-16)32(30,31)18-12-20(24-13-18)22(29)26-8-2-3-9-26/h6-7,11-13,16,24H,2-5,8-10,14H2,1H3,(H,25,28). The molecular formula is C22H27ClN4O4S. The molecule has 4 rings (SSSR count). The molecule has 32 heavy (non-hydrogen) atoms. The lowest BCUT2D eigenvalue weighted by Crippen LogP contribution is -2.43. The Morgan fingerprint density at radius 3 is 2.59 bits per heavy atom. The van der Waals surface area contributed by atoms with E-state index in [0.29, 0.717) is 43.2 Å². The lowest BCUT2D eigenvalue weighted by atomic mass is 9.98. The number of piperidine rings is 1. The Hall–Kier alpha value is -2.36. The van der Waals surface area contributed by atoms with Crippen molar-refractivity contribution in [2.45, 2.75) is 37.5 Å². The van der Waals surface area contributed by atoms with Gasteiger partial charge in [-0.15, -0.1) is 0 Å². The highest BCUT2D eigenvalue weighted by molar-refractivity contribution is 7.89. The molecule has 1 unspecified atom stereocenters. The molecule has 0 radical (unpaired) electrons. The van der Waals surface area contributed by atoms with Crippen molar-refractivity contribution in [1.82, 2.24) is 14.2 Å². The molecule has 2 fully saturated rings. The lowest BCUT2D eigenvalue weighted by molar-refractivity contribution is -0.120. The Labute approximate surface area is 193 Å². The molecule has 2 aromatic rings. The van der Waals surface area contributed by atoms with E-state index in [-0.39, 0.29) is 28.9 Å². The fourth-order valence-corrected chi connectivity index (χ4v) is 5.88. The quantitative estimate of drug-likeness (QED) is 0.688. The molecule has 1 aromatic carbocycles. The number of rotatable bonds is 5. The molecule has 2 amide bonds. The van der Waals surface area contributed by atoms with Gasteiger partial charge in [-0.2, -0.15) is 4.31 Å². The van der Waals surface area contributed by atoms with Crippen LogP contribution in [0.25, 0.3) is 0 Å². The zero-order valence-electron chi connectivity index (χ0n) is 17.9. The summed E-state index contributed by atoms with van der Waals surface area (Å²) in [5.41, 5.74) is 1.77. The number of aromatic nitrogens is 1. The molecule has 10 heteroatoms. The van der Waals surface area contributed by atoms with Crippen LogP contribution < -0.4 is 5.32 Å². The number of aromatic amines is 1. The molecule has 0 saturated carbocycles. The number of anilines is 1. The van der Waals surface area contributed by atoms with Crippen molar-refractivity contribution in [1.29, 1.82) is 0 Å². The number of benzene rings is 1. The third kappa shape index (κ3) is 4.69. The molecule has 1 aromatic heterocycles. The van der Waals surface area contributed by atoms with Crippen LogP contribution in [-0.4, -0.2) is 60.6 Å². The predicted octanol–water partition coefficient (Wildman–Crippen LogP) is 3.25. The first kappa shape index (κ1) is 22.8. The van der Waals surface area contributed by atoms with Crippen LogP contribution >= 0.6 is 11.6 Å². The summed E-state index contributed by atoms with van der Waals surface area (Å²) in [5, 5.41) is 3.40. The number of amides is 2. The third-order valence-corrected chi connectivity index (χ3v) is 8.36. The molecule has 2 aliphatic heterocycles. The average Bonchev–Trinajstić information content (AvgIpc) is 3.49. The van der Waals surface area contributed by atoms with Crippen molar-refractivity contribution in [3.05, 3.63) is 46.7 Å². The number of carbonyl (C=O) groups is 2. The number of likely N-dealkylation sites (tertiary alicyclic amines) is 1. The number of H-pyrrole nitrogens is 1. The number of hydrogen-bond acceptors (Lipinski definition) is 4. The highest BCUT2D eigenvalue weighted by atomic mass is 35.5. The topological polar surface area (TPSA) is 103 Å². The van der Waals surface area contributed by atoms with Crippen molar-refractivity contribution in [3.63, 3.8) is 0 Å². The van der Waals surface area contributed by atoms with Gasteiger partial charge >= 0.3 is 0 Å². The summed E-state index contributed by atoms with van der Waals surface area (Å²) >= 11 is 6.13. The normalized spacial score (nSPS) is 19.8. The number of carbonyl (C=O) groups excluding carboxylic acids is 2. The van der Waals surface area contributed by atoms with E-state index < -0.39 is 15.9 Å². The van der Waals surface area contributed by atoms with Crippen LogP contribution in [0.3, 0.4) is 0 Å². The minimum atomic E-state index is -3.82. The van der Waals surface area contributed by atoms with Gasteiger partial charge in [0.2, 0.25) is 15.9 Å². The number of hydrogen-bond donors (Lipinski definition) is 2. The molecule has 0 bridgehead atoms. The largest absolute Gasteiger partial charge is 0.356 e. The van der Waals surface area contributed by atoms with E-state index in [1.165, 1.54) is 16.6 Å². The Kier molecular flexibility index (Phi) is 6.60. The molecule has 0 spiro atoms. The number of nitrogens with one attached hydrogen (secondary N) is 2. The maximum atomic E-state index is 13.2. The Morgan fingerprint density at radius 1 is 1.12 bits per heavy atom. The van der Waals surface area contributed by atoms with Crippen LogP contribution in [0.5, 0.6) is 0 Å². The van der Waals surface area contributed by atoms with E-state index in [9.17, 15) is 18.0 Å². The third-order valence-electron chi connectivity index (χ3n) is 6.11. The lowest BCUT2D eigenvalue weighted by Gasteiger charge is -2.31. The van der Waals surface area contributed by atoms with Crippen LogP contribution in [-0.2, 0) is 14.8 Å². The fraction of sp³-hybridized carbons (Fsp3) is 0.455. The summed E-state index contributed by atoms with van der Waals surface area (Å²) < 4.78 is 27.7. The van der Waals surface area contributed by atoms with Gasteiger partial charge in [0, 0.05) is 43.1 Å². The molecular weight excluding hydrogens is 452 g/mol. The number of halogens is 1. The van der Waals surface area contributed by atoms with Crippen molar-refractivity contribution >= 4 is 39.1 Å². The van der Waals surface area contributed by atoms with Gasteiger partial charge in [0.25, 0.3) is 5.91 Å². The first-order chi connectivity index (χ1) is 15.3. The van der Waals surface area contributed by atoms with Crippen LogP contribution in [0.4, 0.5) is 5.69 Å². The molecule has 1 atom stereocenters. The first-order valence-electron chi connectivity index (χ1n) is 10.8. The van der Waals surface area contributed by atoms with E-state index in [1.807, 2.05) is 13.0 Å². The second-order valence-electron chi connectivity index (χ2n) is 8.40. The SMILES string of the molecule is Cc1ccc(NC(=O)C2CCCN(S(=O)(=O)c3c[nH]c(C(=O)N4CCCC4)c3)C2)cc1Cl. The molecule has 3 heterocycles. The average molecular weight is 479 g/mol. The van der Waals surface area contributed by atoms with E-state index in [0.717, 1.165) is 18.4 Å². The zero-order valence-corrected chi connectivity index (χ0v) is 19.5. The Balaban J connectivity index is 1.44. The van der Waals surface area contributed by atoms with Gasteiger partial charge in [-0.05, 0) is 56.4 Å². The van der Waals surface area contributed by atoms with Gasteiger partial charge in [-0.3, -0.25) is 9.59 Å². The van der Waals surface area contributed by atoms with Crippen LogP contribution in [0.1, 0.15) is 41.7 Å². The van der Waals surface area contributed by atoms with Gasteiger partial charge < -0.3 is 15.2 Å². The first-order valence-corrected chi connectivity index (χ1v) is 12.6. The Morgan fingerprint density at radius 2 is 1.88 bits per heavy atom. The minimum absolute atomic E-state index is 0.0476. The second kappa shape index (κ2) is 9.25. The van der Waals surface area contributed by atoms with Gasteiger partial charge in [0.05, 0.1) is 5.92 Å². The molecule has 172 valence electrons. The maximum absolute atomic E-state index is 13.2. The minimum Gasteiger partial charge on any atom is -0.356 e. The van der Waals surface area contributed by atoms with E-state index in [2.05, 4.69) is 10.3 Å². The summed E-state index contributed by atoms with van der Waals surface area (Å²) in [7, 11) is -3.82. The molecule has 2 aliphatic rings. The number of nitrogens with zero attached hydrogens (tertiary/aromatic N) is 2. The number of aryl methyl sites for hydroxylation is 1. The molecule has 0 aliphatic carbocycles. The van der Waals surface area contributed by atoms with E-state index in [1.54, 1.807) is 17.0 Å². The molecule has 8 nitrogen and oxygen atoms in total. The van der Waals surface area contributed by atoms with Crippen LogP contribution in [0.2, 0.25) is 5.02 Å². The summed E-state index contributed by atoms with van der Waals surface area (Å²) in [6, 6.07) is 6.68. The van der Waals surface area contributed by atoms with E-state index in [4.69, 9.17) is 11.6 Å². The van der Waals surface area contributed by atoms with Gasteiger partial charge in [0.15, 0.2) is 0 Å². The highest BCUT2D eigenvalue weighted by Crippen LogP contribution is 2.27. The molecule has 2 saturated heterocycles. The highest BCUT2D eigenvalue weighted by Gasteiger charge is 2.34. The van der Waals surface area contributed by atoms with Gasteiger partial charge in [-0.25, -0.2) is 8.42 Å². The summed E-state index contributed by atoms with van der Waals surface area (Å²) in [4.78, 5) is 29.9. The van der Waals surface area contributed by atoms with Crippen molar-refractivity contribution in [2.24, 2.45) is 5.92 Å². The van der Waals surface area contributed by atoms with Crippen molar-refractivity contribution < 1.29 is 18.0 Å². The number of sulfonamides is 1. The summed E-state index contributed by atoms with van der Waals surface area (Å²) in [5.74, 6) is -0.886. The monoisotopic (exact) mass is 478 g/mol. The molecule has 2 N–H and O–H groups in total.